The van der Waals surface area contributed by atoms with Crippen LogP contribution in [0.25, 0.3) is 117 Å². The van der Waals surface area contributed by atoms with Crippen molar-refractivity contribution < 1.29 is 4.42 Å². The number of aromatic nitrogens is 4. The van der Waals surface area contributed by atoms with Gasteiger partial charge in [0.15, 0.2) is 17.5 Å². The second-order valence-corrected chi connectivity index (χ2v) is 15.2. The van der Waals surface area contributed by atoms with E-state index >= 15 is 0 Å². The highest BCUT2D eigenvalue weighted by Gasteiger charge is 2.22. The molecule has 5 nitrogen and oxygen atoms in total. The highest BCUT2D eigenvalue weighted by Crippen LogP contribution is 2.44. The molecular formula is C55H34N4O. The fourth-order valence-corrected chi connectivity index (χ4v) is 8.81. The second kappa shape index (κ2) is 13.8. The third-order valence-electron chi connectivity index (χ3n) is 11.7. The molecule has 0 aliphatic rings. The summed E-state index contributed by atoms with van der Waals surface area (Å²) in [4.78, 5) is 15.0. The normalized spacial score (nSPS) is 11.7. The van der Waals surface area contributed by atoms with Gasteiger partial charge in [0.05, 0.1) is 22.1 Å². The molecule has 0 spiro atoms. The molecule has 0 saturated heterocycles. The first-order chi connectivity index (χ1) is 29.7. The summed E-state index contributed by atoms with van der Waals surface area (Å²) in [5.41, 5.74) is 12.2. The van der Waals surface area contributed by atoms with Gasteiger partial charge < -0.3 is 8.98 Å². The van der Waals surface area contributed by atoms with Crippen LogP contribution in [-0.4, -0.2) is 19.5 Å². The fraction of sp³-hybridized carbons (Fsp3) is 0. The first kappa shape index (κ1) is 33.9. The molecule has 0 atom stereocenters. The van der Waals surface area contributed by atoms with E-state index in [1.165, 1.54) is 27.1 Å². The first-order valence-corrected chi connectivity index (χ1v) is 20.2. The van der Waals surface area contributed by atoms with Crippen molar-refractivity contribution in [3.63, 3.8) is 0 Å². The first-order valence-electron chi connectivity index (χ1n) is 20.2. The van der Waals surface area contributed by atoms with E-state index in [0.29, 0.717) is 17.5 Å². The van der Waals surface area contributed by atoms with Crippen molar-refractivity contribution in [2.24, 2.45) is 0 Å². The molecular weight excluding hydrogens is 733 g/mol. The highest BCUT2D eigenvalue weighted by atomic mass is 16.3. The molecule has 0 unspecified atom stereocenters. The van der Waals surface area contributed by atoms with Crippen LogP contribution in [0.4, 0.5) is 0 Å². The Balaban J connectivity index is 0.991. The summed E-state index contributed by atoms with van der Waals surface area (Å²) in [5, 5.41) is 7.12. The van der Waals surface area contributed by atoms with Gasteiger partial charge in [0.2, 0.25) is 0 Å². The Bertz CT molecular complexity index is 3570. The van der Waals surface area contributed by atoms with Crippen LogP contribution in [0.1, 0.15) is 0 Å². The van der Waals surface area contributed by atoms with E-state index in [2.05, 4.69) is 168 Å². The van der Waals surface area contributed by atoms with Crippen molar-refractivity contribution in [3.8, 4) is 62.1 Å². The van der Waals surface area contributed by atoms with Crippen molar-refractivity contribution in [2.45, 2.75) is 0 Å². The summed E-state index contributed by atoms with van der Waals surface area (Å²) in [6, 6.07) is 72.0. The highest BCUT2D eigenvalue weighted by molar-refractivity contribution is 6.23. The molecule has 12 rings (SSSR count). The third kappa shape index (κ3) is 5.52. The summed E-state index contributed by atoms with van der Waals surface area (Å²) in [6.07, 6.45) is 0. The van der Waals surface area contributed by atoms with Gasteiger partial charge in [-0.25, -0.2) is 15.0 Å². The Kier molecular flexibility index (Phi) is 7.78. The zero-order valence-corrected chi connectivity index (χ0v) is 32.3. The molecule has 3 heterocycles. The number of hydrogen-bond acceptors (Lipinski definition) is 4. The van der Waals surface area contributed by atoms with Crippen LogP contribution in [-0.2, 0) is 0 Å². The minimum atomic E-state index is 0.612. The fourth-order valence-electron chi connectivity index (χ4n) is 8.81. The summed E-state index contributed by atoms with van der Waals surface area (Å²) >= 11 is 0. The van der Waals surface area contributed by atoms with Gasteiger partial charge >= 0.3 is 0 Å². The van der Waals surface area contributed by atoms with Gasteiger partial charge in [-0.05, 0) is 57.8 Å². The lowest BCUT2D eigenvalue weighted by atomic mass is 9.99. The van der Waals surface area contributed by atoms with Gasteiger partial charge in [-0.2, -0.15) is 0 Å². The van der Waals surface area contributed by atoms with E-state index in [9.17, 15) is 0 Å². The number of benzene rings is 9. The number of hydrogen-bond donors (Lipinski definition) is 0. The quantitative estimate of drug-likeness (QED) is 0.169. The van der Waals surface area contributed by atoms with E-state index in [1.54, 1.807) is 0 Å². The van der Waals surface area contributed by atoms with Gasteiger partial charge in [-0.15, -0.1) is 0 Å². The van der Waals surface area contributed by atoms with Crippen LogP contribution in [0, 0.1) is 0 Å². The molecule has 0 bridgehead atoms. The minimum absolute atomic E-state index is 0.612. The van der Waals surface area contributed by atoms with E-state index in [4.69, 9.17) is 19.4 Å². The van der Waals surface area contributed by atoms with Crippen LogP contribution >= 0.6 is 0 Å². The lowest BCUT2D eigenvalue weighted by Crippen LogP contribution is -2.00. The van der Waals surface area contributed by atoms with Gasteiger partial charge in [0.1, 0.15) is 11.2 Å². The number of nitrogens with zero attached hydrogens (tertiary/aromatic N) is 4. The van der Waals surface area contributed by atoms with Crippen molar-refractivity contribution in [3.05, 3.63) is 206 Å². The largest absolute Gasteiger partial charge is 0.455 e. The molecule has 3 aromatic heterocycles. The predicted octanol–water partition coefficient (Wildman–Crippen LogP) is 14.4. The molecule has 280 valence electrons. The third-order valence-corrected chi connectivity index (χ3v) is 11.7. The molecule has 0 aliphatic carbocycles. The van der Waals surface area contributed by atoms with E-state index in [1.807, 2.05) is 42.5 Å². The van der Waals surface area contributed by atoms with Crippen molar-refractivity contribution >= 4 is 54.5 Å². The van der Waals surface area contributed by atoms with Gasteiger partial charge in [0, 0.05) is 38.4 Å². The molecule has 0 amide bonds. The van der Waals surface area contributed by atoms with Gasteiger partial charge in [-0.3, -0.25) is 0 Å². The molecule has 0 fully saturated rings. The monoisotopic (exact) mass is 766 g/mol. The molecule has 0 aliphatic heterocycles. The average molecular weight is 767 g/mol. The molecule has 12 aromatic rings. The van der Waals surface area contributed by atoms with E-state index < -0.39 is 0 Å². The van der Waals surface area contributed by atoms with Crippen LogP contribution in [0.2, 0.25) is 0 Å². The molecule has 0 saturated carbocycles. The lowest BCUT2D eigenvalue weighted by molar-refractivity contribution is 0.670. The zero-order chi connectivity index (χ0) is 39.6. The lowest BCUT2D eigenvalue weighted by Gasteiger charge is -2.13. The Hall–Kier alpha value is -8.15. The zero-order valence-electron chi connectivity index (χ0n) is 32.3. The van der Waals surface area contributed by atoms with Gasteiger partial charge in [-0.1, -0.05) is 176 Å². The van der Waals surface area contributed by atoms with Crippen LogP contribution in [0.15, 0.2) is 211 Å². The molecule has 5 heteroatoms. The predicted molar refractivity (Wildman–Crippen MR) is 246 cm³/mol. The minimum Gasteiger partial charge on any atom is -0.455 e. The van der Waals surface area contributed by atoms with Crippen LogP contribution in [0.3, 0.4) is 0 Å². The average Bonchev–Trinajstić information content (AvgIpc) is 3.89. The van der Waals surface area contributed by atoms with Crippen LogP contribution < -0.4 is 0 Å². The van der Waals surface area contributed by atoms with Crippen molar-refractivity contribution in [1.82, 2.24) is 19.5 Å². The molecule has 9 aromatic carbocycles. The Morgan fingerprint density at radius 3 is 1.55 bits per heavy atom. The molecule has 0 radical (unpaired) electrons. The molecule has 60 heavy (non-hydrogen) atoms. The number of para-hydroxylation sites is 2. The summed E-state index contributed by atoms with van der Waals surface area (Å²) < 4.78 is 9.21. The summed E-state index contributed by atoms with van der Waals surface area (Å²) in [5.74, 6) is 1.87. The van der Waals surface area contributed by atoms with E-state index in [-0.39, 0.29) is 0 Å². The topological polar surface area (TPSA) is 56.7 Å². The van der Waals surface area contributed by atoms with Crippen LogP contribution in [0.5, 0.6) is 0 Å². The Morgan fingerprint density at radius 2 is 0.850 bits per heavy atom. The number of rotatable bonds is 6. The SMILES string of the molecule is c1ccc(-c2ccc(-c3nc(-c4ccccc4)nc(-c4ccc(-c5ccc(-n6c7ccccc7c7c8ccccc8ccc76)c6c5oc5ccccc56)cc4)n3)cc2)cc1. The standard InChI is InChI=1S/C55H34N4O/c1-3-13-35(14-4-1)36-23-27-40(28-24-36)54-56-53(39-16-5-2-6-17-39)57-55(58-54)41-29-25-38(26-30-41)43-32-34-48(51-45-20-10-12-22-49(45)60-52(43)51)59-46-21-11-9-19-44(46)50-42-18-8-7-15-37(42)31-33-47(50)59/h1-34H. The maximum Gasteiger partial charge on any atom is 0.164 e. The summed E-state index contributed by atoms with van der Waals surface area (Å²) in [7, 11) is 0. The molecule has 0 N–H and O–H groups in total. The maximum absolute atomic E-state index is 6.81. The Labute approximate surface area is 345 Å². The van der Waals surface area contributed by atoms with E-state index in [0.717, 1.165) is 72.0 Å². The smallest absolute Gasteiger partial charge is 0.164 e. The van der Waals surface area contributed by atoms with Crippen molar-refractivity contribution in [2.75, 3.05) is 0 Å². The number of furan rings is 1. The number of fused-ring (bicyclic) bond motifs is 8. The maximum atomic E-state index is 6.81. The Morgan fingerprint density at radius 1 is 0.333 bits per heavy atom. The van der Waals surface area contributed by atoms with Gasteiger partial charge in [0.25, 0.3) is 0 Å². The van der Waals surface area contributed by atoms with Crippen molar-refractivity contribution in [1.29, 1.82) is 0 Å². The second-order valence-electron chi connectivity index (χ2n) is 15.2. The summed E-state index contributed by atoms with van der Waals surface area (Å²) in [6.45, 7) is 0.